The van der Waals surface area contributed by atoms with Gasteiger partial charge >= 0.3 is 0 Å². The van der Waals surface area contributed by atoms with Gasteiger partial charge in [-0.15, -0.1) is 0 Å². The third-order valence-corrected chi connectivity index (χ3v) is 2.12. The Labute approximate surface area is 90.1 Å². The van der Waals surface area contributed by atoms with Crippen LogP contribution in [0.15, 0.2) is 22.7 Å². The second-order valence-corrected chi connectivity index (χ2v) is 3.50. The van der Waals surface area contributed by atoms with E-state index in [-0.39, 0.29) is 12.4 Å². The van der Waals surface area contributed by atoms with Crippen LogP contribution in [-0.4, -0.2) is 18.8 Å². The van der Waals surface area contributed by atoms with Gasteiger partial charge in [0.25, 0.3) is 0 Å². The minimum atomic E-state index is -0.388. The van der Waals surface area contributed by atoms with E-state index in [0.29, 0.717) is 15.8 Å². The molecular formula is C10H10BrFO2. The molecule has 0 unspecified atom stereocenters. The molecule has 0 aliphatic rings. The second kappa shape index (κ2) is 5.12. The van der Waals surface area contributed by atoms with Gasteiger partial charge in [0.05, 0.1) is 19.3 Å². The number of rotatable bonds is 3. The van der Waals surface area contributed by atoms with E-state index in [1.165, 1.54) is 25.3 Å². The summed E-state index contributed by atoms with van der Waals surface area (Å²) in [5.74, 6) is 0.0440. The van der Waals surface area contributed by atoms with Gasteiger partial charge < -0.3 is 9.84 Å². The monoisotopic (exact) mass is 260 g/mol. The fraction of sp³-hybridized carbons (Fsp3) is 0.200. The van der Waals surface area contributed by atoms with Crippen molar-refractivity contribution in [2.24, 2.45) is 0 Å². The number of methoxy groups -OCH3 is 1. The molecule has 76 valence electrons. The third kappa shape index (κ3) is 2.56. The first kappa shape index (κ1) is 11.2. The van der Waals surface area contributed by atoms with Gasteiger partial charge in [0.15, 0.2) is 0 Å². The standard InChI is InChI=1S/C10H10BrFO2/c1-14-10-6-7(11)5-9(12)8(10)3-2-4-13/h2-3,5-6,13H,4H2,1H3/b3-2+. The van der Waals surface area contributed by atoms with Gasteiger partial charge in [-0.1, -0.05) is 28.1 Å². The number of benzene rings is 1. The highest BCUT2D eigenvalue weighted by Gasteiger charge is 2.07. The Bertz CT molecular complexity index is 350. The maximum Gasteiger partial charge on any atom is 0.135 e. The quantitative estimate of drug-likeness (QED) is 0.906. The number of aliphatic hydroxyl groups excluding tert-OH is 1. The van der Waals surface area contributed by atoms with Crippen molar-refractivity contribution in [3.8, 4) is 5.75 Å². The van der Waals surface area contributed by atoms with Crippen molar-refractivity contribution in [1.29, 1.82) is 0 Å². The van der Waals surface area contributed by atoms with Crippen LogP contribution in [0.5, 0.6) is 5.75 Å². The highest BCUT2D eigenvalue weighted by molar-refractivity contribution is 9.10. The third-order valence-electron chi connectivity index (χ3n) is 1.67. The molecular weight excluding hydrogens is 251 g/mol. The first-order valence-electron chi connectivity index (χ1n) is 3.99. The maximum absolute atomic E-state index is 13.4. The van der Waals surface area contributed by atoms with Crippen LogP contribution >= 0.6 is 15.9 Å². The fourth-order valence-electron chi connectivity index (χ4n) is 1.06. The second-order valence-electron chi connectivity index (χ2n) is 2.59. The summed E-state index contributed by atoms with van der Waals surface area (Å²) in [6, 6.07) is 3.01. The normalized spacial score (nSPS) is 10.9. The zero-order chi connectivity index (χ0) is 10.6. The Morgan fingerprint density at radius 3 is 2.86 bits per heavy atom. The molecule has 4 heteroatoms. The van der Waals surface area contributed by atoms with Crippen molar-refractivity contribution < 1.29 is 14.2 Å². The van der Waals surface area contributed by atoms with Crippen molar-refractivity contribution in [1.82, 2.24) is 0 Å². The molecule has 0 fully saturated rings. The van der Waals surface area contributed by atoms with Crippen molar-refractivity contribution in [2.75, 3.05) is 13.7 Å². The van der Waals surface area contributed by atoms with E-state index < -0.39 is 0 Å². The van der Waals surface area contributed by atoms with Crippen LogP contribution in [-0.2, 0) is 0 Å². The molecule has 0 aliphatic carbocycles. The van der Waals surface area contributed by atoms with Crippen LogP contribution in [0.25, 0.3) is 6.08 Å². The molecule has 2 nitrogen and oxygen atoms in total. The Balaban J connectivity index is 3.18. The smallest absolute Gasteiger partial charge is 0.135 e. The molecule has 0 bridgehead atoms. The van der Waals surface area contributed by atoms with Crippen LogP contribution in [0, 0.1) is 5.82 Å². The molecule has 14 heavy (non-hydrogen) atoms. The first-order chi connectivity index (χ1) is 6.69. The van der Waals surface area contributed by atoms with Crippen LogP contribution in [0.4, 0.5) is 4.39 Å². The van der Waals surface area contributed by atoms with Gasteiger partial charge in [-0.3, -0.25) is 0 Å². The Morgan fingerprint density at radius 2 is 2.29 bits per heavy atom. The number of hydrogen-bond donors (Lipinski definition) is 1. The minimum Gasteiger partial charge on any atom is -0.496 e. The molecule has 0 aliphatic heterocycles. The van der Waals surface area contributed by atoms with Crippen LogP contribution < -0.4 is 4.74 Å². The van der Waals surface area contributed by atoms with Crippen molar-refractivity contribution in [2.45, 2.75) is 0 Å². The van der Waals surface area contributed by atoms with E-state index >= 15 is 0 Å². The van der Waals surface area contributed by atoms with E-state index in [1.807, 2.05) is 0 Å². The van der Waals surface area contributed by atoms with Gasteiger partial charge in [0.2, 0.25) is 0 Å². The molecule has 0 radical (unpaired) electrons. The molecule has 1 aromatic carbocycles. The summed E-state index contributed by atoms with van der Waals surface area (Å²) in [6.07, 6.45) is 2.94. The van der Waals surface area contributed by atoms with E-state index in [4.69, 9.17) is 9.84 Å². The molecule has 0 saturated carbocycles. The lowest BCUT2D eigenvalue weighted by atomic mass is 10.1. The largest absolute Gasteiger partial charge is 0.496 e. The van der Waals surface area contributed by atoms with E-state index in [0.717, 1.165) is 0 Å². The Morgan fingerprint density at radius 1 is 1.57 bits per heavy atom. The van der Waals surface area contributed by atoms with E-state index in [9.17, 15) is 4.39 Å². The zero-order valence-electron chi connectivity index (χ0n) is 7.63. The summed E-state index contributed by atoms with van der Waals surface area (Å²) in [6.45, 7) is -0.126. The molecule has 0 atom stereocenters. The van der Waals surface area contributed by atoms with Crippen molar-refractivity contribution >= 4 is 22.0 Å². The molecule has 1 N–H and O–H groups in total. The zero-order valence-corrected chi connectivity index (χ0v) is 9.21. The summed E-state index contributed by atoms with van der Waals surface area (Å²) in [5.41, 5.74) is 0.338. The number of aliphatic hydroxyl groups is 1. The van der Waals surface area contributed by atoms with Gasteiger partial charge in [0, 0.05) is 4.47 Å². The average molecular weight is 261 g/mol. The number of hydrogen-bond acceptors (Lipinski definition) is 2. The SMILES string of the molecule is COc1cc(Br)cc(F)c1/C=C/CO. The van der Waals surface area contributed by atoms with Gasteiger partial charge in [-0.05, 0) is 12.1 Å². The highest BCUT2D eigenvalue weighted by atomic mass is 79.9. The molecule has 1 rings (SSSR count). The summed E-state index contributed by atoms with van der Waals surface area (Å²) >= 11 is 3.16. The van der Waals surface area contributed by atoms with Crippen LogP contribution in [0.2, 0.25) is 0 Å². The van der Waals surface area contributed by atoms with Crippen LogP contribution in [0.1, 0.15) is 5.56 Å². The summed E-state index contributed by atoms with van der Waals surface area (Å²) < 4.78 is 19.0. The van der Waals surface area contributed by atoms with E-state index in [2.05, 4.69) is 15.9 Å². The topological polar surface area (TPSA) is 29.5 Å². The summed E-state index contributed by atoms with van der Waals surface area (Å²) in [7, 11) is 1.47. The Hall–Kier alpha value is -0.870. The average Bonchev–Trinajstić information content (AvgIpc) is 2.15. The maximum atomic E-state index is 13.4. The minimum absolute atomic E-state index is 0.126. The molecule has 0 aromatic heterocycles. The lowest BCUT2D eigenvalue weighted by Crippen LogP contribution is -1.91. The highest BCUT2D eigenvalue weighted by Crippen LogP contribution is 2.27. The van der Waals surface area contributed by atoms with Crippen LogP contribution in [0.3, 0.4) is 0 Å². The predicted molar refractivity (Wildman–Crippen MR) is 56.8 cm³/mol. The predicted octanol–water partition coefficient (Wildman–Crippen LogP) is 2.60. The molecule has 0 amide bonds. The molecule has 0 heterocycles. The van der Waals surface area contributed by atoms with Gasteiger partial charge in [-0.25, -0.2) is 4.39 Å². The number of halogens is 2. The van der Waals surface area contributed by atoms with Gasteiger partial charge in [-0.2, -0.15) is 0 Å². The van der Waals surface area contributed by atoms with Gasteiger partial charge in [0.1, 0.15) is 11.6 Å². The first-order valence-corrected chi connectivity index (χ1v) is 4.78. The van der Waals surface area contributed by atoms with Crippen molar-refractivity contribution in [3.63, 3.8) is 0 Å². The van der Waals surface area contributed by atoms with Crippen molar-refractivity contribution in [3.05, 3.63) is 34.1 Å². The lowest BCUT2D eigenvalue weighted by Gasteiger charge is -2.06. The van der Waals surface area contributed by atoms with E-state index in [1.54, 1.807) is 6.07 Å². The molecule has 0 saturated heterocycles. The number of ether oxygens (including phenoxy) is 1. The molecule has 1 aromatic rings. The summed E-state index contributed by atoms with van der Waals surface area (Å²) in [5, 5.41) is 8.58. The summed E-state index contributed by atoms with van der Waals surface area (Å²) in [4.78, 5) is 0. The Kier molecular flexibility index (Phi) is 4.10. The molecule has 0 spiro atoms. The fourth-order valence-corrected chi connectivity index (χ4v) is 1.47. The lowest BCUT2D eigenvalue weighted by molar-refractivity contribution is 0.343.